The second-order valence-corrected chi connectivity index (χ2v) is 5.06. The second kappa shape index (κ2) is 4.78. The molecule has 0 aromatic carbocycles. The number of allylic oxidation sites excluding steroid dienone is 1. The molecule has 0 bridgehead atoms. The Hall–Kier alpha value is -0.570. The van der Waals surface area contributed by atoms with Gasteiger partial charge in [-0.1, -0.05) is 28.1 Å². The minimum Gasteiger partial charge on any atom is -0.267 e. The fraction of sp³-hybridized carbons (Fsp3) is 0.545. The Morgan fingerprint density at radius 1 is 1.50 bits per heavy atom. The van der Waals surface area contributed by atoms with Crippen LogP contribution in [0.1, 0.15) is 32.8 Å². The lowest BCUT2D eigenvalue weighted by atomic mass is 10.1. The van der Waals surface area contributed by atoms with Crippen molar-refractivity contribution >= 4 is 22.0 Å². The van der Waals surface area contributed by atoms with Gasteiger partial charge in [0.25, 0.3) is 0 Å². The largest absolute Gasteiger partial charge is 0.267 e. The Morgan fingerprint density at radius 2 is 2.21 bits per heavy atom. The monoisotopic (exact) mass is 256 g/mol. The summed E-state index contributed by atoms with van der Waals surface area (Å²) < 4.78 is 1.99. The lowest BCUT2D eigenvalue weighted by molar-refractivity contribution is 0.355. The third-order valence-corrected chi connectivity index (χ3v) is 2.33. The molecule has 0 atom stereocenters. The van der Waals surface area contributed by atoms with E-state index in [0.29, 0.717) is 0 Å². The van der Waals surface area contributed by atoms with Gasteiger partial charge in [-0.2, -0.15) is 5.10 Å². The molecule has 2 nitrogen and oxygen atoms in total. The van der Waals surface area contributed by atoms with E-state index in [4.69, 9.17) is 0 Å². The molecule has 78 valence electrons. The molecule has 0 N–H and O–H groups in total. The summed E-state index contributed by atoms with van der Waals surface area (Å²) >= 11 is 3.39. The van der Waals surface area contributed by atoms with E-state index in [0.717, 1.165) is 11.8 Å². The van der Waals surface area contributed by atoms with E-state index in [1.165, 1.54) is 5.56 Å². The Balaban J connectivity index is 2.69. The lowest BCUT2D eigenvalue weighted by Crippen LogP contribution is -2.21. The van der Waals surface area contributed by atoms with Crippen LogP contribution in [-0.4, -0.2) is 15.1 Å². The van der Waals surface area contributed by atoms with Gasteiger partial charge in [-0.05, 0) is 27.2 Å². The molecular weight excluding hydrogens is 240 g/mol. The molecule has 14 heavy (non-hydrogen) atoms. The van der Waals surface area contributed by atoms with Gasteiger partial charge < -0.3 is 0 Å². The van der Waals surface area contributed by atoms with Crippen LogP contribution in [0.25, 0.3) is 6.08 Å². The molecule has 0 saturated heterocycles. The maximum absolute atomic E-state index is 4.32. The van der Waals surface area contributed by atoms with Gasteiger partial charge in [0, 0.05) is 17.1 Å². The Labute approximate surface area is 94.1 Å². The number of halogens is 1. The summed E-state index contributed by atoms with van der Waals surface area (Å²) in [6.07, 6.45) is 9.29. The molecule has 0 saturated carbocycles. The van der Waals surface area contributed by atoms with Crippen LogP contribution in [-0.2, 0) is 5.54 Å². The van der Waals surface area contributed by atoms with E-state index < -0.39 is 0 Å². The molecule has 0 aliphatic rings. The summed E-state index contributed by atoms with van der Waals surface area (Å²) in [5.41, 5.74) is 1.24. The summed E-state index contributed by atoms with van der Waals surface area (Å²) in [6.45, 7) is 6.43. The third kappa shape index (κ3) is 3.29. The number of aromatic nitrogens is 2. The molecule has 0 fully saturated rings. The van der Waals surface area contributed by atoms with Crippen molar-refractivity contribution in [1.82, 2.24) is 9.78 Å². The summed E-state index contributed by atoms with van der Waals surface area (Å²) in [6, 6.07) is 0. The van der Waals surface area contributed by atoms with Crippen LogP contribution in [0.5, 0.6) is 0 Å². The first-order chi connectivity index (χ1) is 6.54. The Morgan fingerprint density at radius 3 is 2.71 bits per heavy atom. The highest BCUT2D eigenvalue weighted by molar-refractivity contribution is 9.09. The van der Waals surface area contributed by atoms with Crippen LogP contribution in [0.2, 0.25) is 0 Å². The molecule has 1 heterocycles. The van der Waals surface area contributed by atoms with Gasteiger partial charge in [0.2, 0.25) is 0 Å². The zero-order valence-electron chi connectivity index (χ0n) is 9.00. The fourth-order valence-electron chi connectivity index (χ4n) is 1.07. The zero-order valence-corrected chi connectivity index (χ0v) is 10.6. The molecule has 1 aromatic heterocycles. The van der Waals surface area contributed by atoms with E-state index in [1.54, 1.807) is 0 Å². The molecule has 0 unspecified atom stereocenters. The highest BCUT2D eigenvalue weighted by atomic mass is 79.9. The van der Waals surface area contributed by atoms with Crippen molar-refractivity contribution in [2.75, 3.05) is 5.33 Å². The molecule has 0 spiro atoms. The summed E-state index contributed by atoms with van der Waals surface area (Å²) in [5.74, 6) is 0. The number of alkyl halides is 1. The lowest BCUT2D eigenvalue weighted by Gasteiger charge is -2.18. The van der Waals surface area contributed by atoms with Gasteiger partial charge in [-0.15, -0.1) is 0 Å². The Kier molecular flexibility index (Phi) is 3.93. The second-order valence-electron chi connectivity index (χ2n) is 4.27. The van der Waals surface area contributed by atoms with Crippen molar-refractivity contribution in [1.29, 1.82) is 0 Å². The molecule has 0 aliphatic carbocycles. The average Bonchev–Trinajstić information content (AvgIpc) is 2.52. The maximum Gasteiger partial charge on any atom is 0.0562 e. The van der Waals surface area contributed by atoms with Crippen molar-refractivity contribution in [2.45, 2.75) is 32.7 Å². The number of rotatable bonds is 3. The maximum atomic E-state index is 4.32. The predicted molar refractivity (Wildman–Crippen MR) is 64.7 cm³/mol. The molecule has 0 aliphatic heterocycles. The average molecular weight is 257 g/mol. The van der Waals surface area contributed by atoms with E-state index >= 15 is 0 Å². The summed E-state index contributed by atoms with van der Waals surface area (Å²) in [4.78, 5) is 0. The third-order valence-electron chi connectivity index (χ3n) is 1.88. The van der Waals surface area contributed by atoms with E-state index in [1.807, 2.05) is 10.9 Å². The van der Waals surface area contributed by atoms with Crippen LogP contribution in [0.15, 0.2) is 18.5 Å². The van der Waals surface area contributed by atoms with Crippen LogP contribution < -0.4 is 0 Å². The molecule has 0 radical (unpaired) electrons. The molecule has 1 aromatic rings. The SMILES string of the molecule is CC(C)(C)n1cc(C=CCCBr)cn1. The molecular formula is C11H17BrN2. The van der Waals surface area contributed by atoms with Crippen LogP contribution in [0.4, 0.5) is 0 Å². The highest BCUT2D eigenvalue weighted by Gasteiger charge is 2.12. The van der Waals surface area contributed by atoms with Crippen LogP contribution >= 0.6 is 15.9 Å². The quantitative estimate of drug-likeness (QED) is 0.758. The molecule has 1 rings (SSSR count). The normalized spacial score (nSPS) is 12.6. The van der Waals surface area contributed by atoms with Gasteiger partial charge in [0.05, 0.1) is 11.7 Å². The Bertz CT molecular complexity index is 307. The number of hydrogen-bond donors (Lipinski definition) is 0. The molecule has 0 amide bonds. The van der Waals surface area contributed by atoms with Gasteiger partial charge in [0.15, 0.2) is 0 Å². The summed E-state index contributed by atoms with van der Waals surface area (Å²) in [5, 5.41) is 5.33. The topological polar surface area (TPSA) is 17.8 Å². The number of nitrogens with zero attached hydrogens (tertiary/aromatic N) is 2. The van der Waals surface area contributed by atoms with Gasteiger partial charge >= 0.3 is 0 Å². The zero-order chi connectivity index (χ0) is 10.6. The predicted octanol–water partition coefficient (Wildman–Crippen LogP) is 3.44. The van der Waals surface area contributed by atoms with Crippen molar-refractivity contribution in [3.63, 3.8) is 0 Å². The van der Waals surface area contributed by atoms with Crippen LogP contribution in [0, 0.1) is 0 Å². The van der Waals surface area contributed by atoms with Crippen molar-refractivity contribution in [3.8, 4) is 0 Å². The fourth-order valence-corrected chi connectivity index (χ4v) is 1.34. The van der Waals surface area contributed by atoms with Crippen LogP contribution in [0.3, 0.4) is 0 Å². The smallest absolute Gasteiger partial charge is 0.0562 e. The first kappa shape index (κ1) is 11.5. The van der Waals surface area contributed by atoms with Crippen molar-refractivity contribution in [2.24, 2.45) is 0 Å². The van der Waals surface area contributed by atoms with E-state index in [9.17, 15) is 0 Å². The summed E-state index contributed by atoms with van der Waals surface area (Å²) in [7, 11) is 0. The van der Waals surface area contributed by atoms with Gasteiger partial charge in [-0.25, -0.2) is 0 Å². The first-order valence-corrected chi connectivity index (χ1v) is 5.94. The highest BCUT2D eigenvalue weighted by Crippen LogP contribution is 2.13. The molecule has 3 heteroatoms. The minimum atomic E-state index is 0.0709. The standard InChI is InChI=1S/C11H17BrN2/c1-11(2,3)14-9-10(8-13-14)6-4-5-7-12/h4,6,8-9H,5,7H2,1-3H3. The van der Waals surface area contributed by atoms with Gasteiger partial charge in [-0.3, -0.25) is 4.68 Å². The van der Waals surface area contributed by atoms with Crippen molar-refractivity contribution in [3.05, 3.63) is 24.0 Å². The number of hydrogen-bond acceptors (Lipinski definition) is 1. The van der Waals surface area contributed by atoms with Gasteiger partial charge in [0.1, 0.15) is 0 Å². The van der Waals surface area contributed by atoms with E-state index in [-0.39, 0.29) is 5.54 Å². The first-order valence-electron chi connectivity index (χ1n) is 4.81. The minimum absolute atomic E-state index is 0.0709. The van der Waals surface area contributed by atoms with Crippen molar-refractivity contribution < 1.29 is 0 Å². The van der Waals surface area contributed by atoms with E-state index in [2.05, 4.69) is 60.1 Å².